The first-order valence-electron chi connectivity index (χ1n) is 5.43. The van der Waals surface area contributed by atoms with Crippen LogP contribution in [-0.2, 0) is 9.59 Å². The van der Waals surface area contributed by atoms with Crippen LogP contribution >= 0.6 is 0 Å². The second-order valence-electron chi connectivity index (χ2n) is 3.82. The van der Waals surface area contributed by atoms with Crippen molar-refractivity contribution in [2.24, 2.45) is 0 Å². The first-order valence-corrected chi connectivity index (χ1v) is 5.43. The monoisotopic (exact) mass is 214 g/mol. The molecule has 0 radical (unpaired) electrons. The molecule has 0 spiro atoms. The molecule has 1 heterocycles. The Morgan fingerprint density at radius 3 is 2.47 bits per heavy atom. The first kappa shape index (κ1) is 12.0. The number of hydrogen-bond acceptors (Lipinski definition) is 3. The van der Waals surface area contributed by atoms with E-state index in [0.717, 1.165) is 26.1 Å². The van der Waals surface area contributed by atoms with Crippen LogP contribution in [0.25, 0.3) is 0 Å². The first-order chi connectivity index (χ1) is 7.20. The van der Waals surface area contributed by atoms with E-state index in [0.29, 0.717) is 6.54 Å². The van der Waals surface area contributed by atoms with Gasteiger partial charge in [-0.2, -0.15) is 0 Å². The number of carbonyl (C=O) groups is 2. The van der Waals surface area contributed by atoms with Gasteiger partial charge in [0.05, 0.1) is 0 Å². The van der Waals surface area contributed by atoms with Crippen LogP contribution in [0.3, 0.4) is 0 Å². The van der Waals surface area contributed by atoms with Gasteiger partial charge in [-0.3, -0.25) is 4.79 Å². The zero-order valence-corrected chi connectivity index (χ0v) is 8.87. The summed E-state index contributed by atoms with van der Waals surface area (Å²) < 4.78 is 0. The number of amides is 1. The highest BCUT2D eigenvalue weighted by atomic mass is 16.4. The topological polar surface area (TPSA) is 69.6 Å². The molecule has 86 valence electrons. The van der Waals surface area contributed by atoms with E-state index in [1.54, 1.807) is 0 Å². The maximum Gasteiger partial charge on any atom is 0.394 e. The van der Waals surface area contributed by atoms with Crippen LogP contribution < -0.4 is 5.32 Å². The van der Waals surface area contributed by atoms with Gasteiger partial charge in [0.2, 0.25) is 0 Å². The van der Waals surface area contributed by atoms with Gasteiger partial charge < -0.3 is 15.3 Å². The third-order valence-corrected chi connectivity index (χ3v) is 2.58. The van der Waals surface area contributed by atoms with Gasteiger partial charge in [0.1, 0.15) is 0 Å². The van der Waals surface area contributed by atoms with Gasteiger partial charge in [-0.15, -0.1) is 0 Å². The van der Waals surface area contributed by atoms with E-state index >= 15 is 0 Å². The minimum absolute atomic E-state index is 0.446. The number of piperidine rings is 1. The Hall–Kier alpha value is -1.10. The van der Waals surface area contributed by atoms with Crippen molar-refractivity contribution in [3.05, 3.63) is 0 Å². The SMILES string of the molecule is O=C(O)C(=O)NCCCN1CCCCC1. The van der Waals surface area contributed by atoms with E-state index < -0.39 is 11.9 Å². The molecule has 5 heteroatoms. The van der Waals surface area contributed by atoms with Gasteiger partial charge in [0.25, 0.3) is 0 Å². The number of hydrogen-bond donors (Lipinski definition) is 2. The lowest BCUT2D eigenvalue weighted by Crippen LogP contribution is -2.35. The summed E-state index contributed by atoms with van der Waals surface area (Å²) in [7, 11) is 0. The number of nitrogens with zero attached hydrogens (tertiary/aromatic N) is 1. The maximum atomic E-state index is 10.7. The Morgan fingerprint density at radius 1 is 1.20 bits per heavy atom. The Kier molecular flexibility index (Phi) is 5.10. The van der Waals surface area contributed by atoms with E-state index in [1.807, 2.05) is 0 Å². The number of nitrogens with one attached hydrogen (secondary N) is 1. The van der Waals surface area contributed by atoms with Gasteiger partial charge in [-0.25, -0.2) is 4.79 Å². The van der Waals surface area contributed by atoms with Gasteiger partial charge >= 0.3 is 11.9 Å². The molecule has 0 aromatic heterocycles. The highest BCUT2D eigenvalue weighted by Crippen LogP contribution is 2.08. The van der Waals surface area contributed by atoms with Crippen molar-refractivity contribution in [3.63, 3.8) is 0 Å². The standard InChI is InChI=1S/C10H18N2O3/c13-9(10(14)15)11-5-4-8-12-6-2-1-3-7-12/h1-8H2,(H,11,13)(H,14,15). The molecule has 1 aliphatic rings. The fourth-order valence-corrected chi connectivity index (χ4v) is 1.76. The van der Waals surface area contributed by atoms with E-state index in [2.05, 4.69) is 10.2 Å². The smallest absolute Gasteiger partial charge is 0.394 e. The fraction of sp³-hybridized carbons (Fsp3) is 0.800. The number of carboxylic acids is 1. The van der Waals surface area contributed by atoms with Crippen molar-refractivity contribution >= 4 is 11.9 Å². The second kappa shape index (κ2) is 6.40. The predicted molar refractivity (Wildman–Crippen MR) is 55.6 cm³/mol. The van der Waals surface area contributed by atoms with E-state index in [4.69, 9.17) is 5.11 Å². The van der Waals surface area contributed by atoms with Crippen LogP contribution in [0.1, 0.15) is 25.7 Å². The van der Waals surface area contributed by atoms with E-state index in [-0.39, 0.29) is 0 Å². The summed E-state index contributed by atoms with van der Waals surface area (Å²) >= 11 is 0. The molecule has 0 unspecified atom stereocenters. The van der Waals surface area contributed by atoms with Gasteiger partial charge in [-0.05, 0) is 38.9 Å². The number of carbonyl (C=O) groups excluding carboxylic acids is 1. The molecule has 1 amide bonds. The third kappa shape index (κ3) is 4.78. The summed E-state index contributed by atoms with van der Waals surface area (Å²) in [5, 5.41) is 10.7. The number of likely N-dealkylation sites (tertiary alicyclic amines) is 1. The minimum Gasteiger partial charge on any atom is -0.474 e. The van der Waals surface area contributed by atoms with Crippen molar-refractivity contribution < 1.29 is 14.7 Å². The Morgan fingerprint density at radius 2 is 1.87 bits per heavy atom. The Labute approximate surface area is 89.4 Å². The van der Waals surface area contributed by atoms with Crippen molar-refractivity contribution in [3.8, 4) is 0 Å². The molecule has 0 aliphatic carbocycles. The molecule has 0 aromatic rings. The lowest BCUT2D eigenvalue weighted by molar-refractivity contribution is -0.150. The van der Waals surface area contributed by atoms with Crippen LogP contribution in [0.15, 0.2) is 0 Å². The molecule has 0 saturated carbocycles. The fourth-order valence-electron chi connectivity index (χ4n) is 1.76. The number of rotatable bonds is 4. The average Bonchev–Trinajstić information content (AvgIpc) is 2.25. The van der Waals surface area contributed by atoms with Crippen molar-refractivity contribution in [2.75, 3.05) is 26.2 Å². The van der Waals surface area contributed by atoms with Crippen molar-refractivity contribution in [1.29, 1.82) is 0 Å². The van der Waals surface area contributed by atoms with Crippen LogP contribution in [0.2, 0.25) is 0 Å². The predicted octanol–water partition coefficient (Wildman–Crippen LogP) is 0.0632. The largest absolute Gasteiger partial charge is 0.474 e. The zero-order valence-electron chi connectivity index (χ0n) is 8.87. The quantitative estimate of drug-likeness (QED) is 0.513. The van der Waals surface area contributed by atoms with Gasteiger partial charge in [0, 0.05) is 6.54 Å². The minimum atomic E-state index is -1.41. The van der Waals surface area contributed by atoms with E-state index in [9.17, 15) is 9.59 Å². The number of carboxylic acid groups (broad SMARTS) is 1. The molecule has 0 aromatic carbocycles. The van der Waals surface area contributed by atoms with E-state index in [1.165, 1.54) is 19.3 Å². The zero-order chi connectivity index (χ0) is 11.1. The normalized spacial score (nSPS) is 17.3. The third-order valence-electron chi connectivity index (χ3n) is 2.58. The van der Waals surface area contributed by atoms with Gasteiger partial charge in [0.15, 0.2) is 0 Å². The van der Waals surface area contributed by atoms with Crippen molar-refractivity contribution in [2.45, 2.75) is 25.7 Å². The summed E-state index contributed by atoms with van der Waals surface area (Å²) in [6, 6.07) is 0. The molecule has 1 saturated heterocycles. The second-order valence-corrected chi connectivity index (χ2v) is 3.82. The summed E-state index contributed by atoms with van der Waals surface area (Å²) in [4.78, 5) is 23.2. The van der Waals surface area contributed by atoms with Crippen molar-refractivity contribution in [1.82, 2.24) is 10.2 Å². The summed E-state index contributed by atoms with van der Waals surface area (Å²) in [6.45, 7) is 3.65. The maximum absolute atomic E-state index is 10.7. The highest BCUT2D eigenvalue weighted by molar-refractivity contribution is 6.31. The molecule has 5 nitrogen and oxygen atoms in total. The molecule has 0 bridgehead atoms. The number of aliphatic carboxylic acids is 1. The highest BCUT2D eigenvalue weighted by Gasteiger charge is 2.11. The van der Waals surface area contributed by atoms with Crippen LogP contribution in [0.4, 0.5) is 0 Å². The van der Waals surface area contributed by atoms with Gasteiger partial charge in [-0.1, -0.05) is 6.42 Å². The Bertz CT molecular complexity index is 225. The summed E-state index contributed by atoms with van der Waals surface area (Å²) in [6.07, 6.45) is 4.63. The summed E-state index contributed by atoms with van der Waals surface area (Å²) in [5.41, 5.74) is 0. The lowest BCUT2D eigenvalue weighted by atomic mass is 10.1. The molecule has 2 N–H and O–H groups in total. The van der Waals surface area contributed by atoms with Crippen LogP contribution in [0, 0.1) is 0 Å². The molecule has 15 heavy (non-hydrogen) atoms. The molecular weight excluding hydrogens is 196 g/mol. The van der Waals surface area contributed by atoms with Crippen LogP contribution in [0.5, 0.6) is 0 Å². The Balaban J connectivity index is 2.01. The summed E-state index contributed by atoms with van der Waals surface area (Å²) in [5.74, 6) is -2.32. The molecule has 1 fully saturated rings. The molecule has 1 aliphatic heterocycles. The average molecular weight is 214 g/mol. The lowest BCUT2D eigenvalue weighted by Gasteiger charge is -2.26. The van der Waals surface area contributed by atoms with Crippen LogP contribution in [-0.4, -0.2) is 48.1 Å². The molecule has 1 rings (SSSR count). The molecular formula is C10H18N2O3. The molecule has 0 atom stereocenters.